The predicted molar refractivity (Wildman–Crippen MR) is 126 cm³/mol. The first kappa shape index (κ1) is 23.4. The SMILES string of the molecule is Cc1c(C(N)=O)cc(C(=O)CN2CCN(C(=O)c3ccccc3)CC2)n1Cc1ccccc1F. The minimum Gasteiger partial charge on any atom is -0.366 e. The Labute approximate surface area is 197 Å². The number of amides is 2. The summed E-state index contributed by atoms with van der Waals surface area (Å²) >= 11 is 0. The molecular formula is C26H27FN4O3. The second kappa shape index (κ2) is 10.0. The molecule has 0 aliphatic carbocycles. The van der Waals surface area contributed by atoms with Crippen molar-refractivity contribution in [2.24, 2.45) is 5.73 Å². The fraction of sp³-hybridized carbons (Fsp3) is 0.269. The molecule has 2 amide bonds. The van der Waals surface area contributed by atoms with Gasteiger partial charge in [0.05, 0.1) is 24.3 Å². The largest absolute Gasteiger partial charge is 0.366 e. The second-order valence-electron chi connectivity index (χ2n) is 8.43. The maximum absolute atomic E-state index is 14.3. The van der Waals surface area contributed by atoms with Crippen molar-refractivity contribution in [3.8, 4) is 0 Å². The lowest BCUT2D eigenvalue weighted by atomic mass is 10.1. The minimum atomic E-state index is -0.633. The van der Waals surface area contributed by atoms with Gasteiger partial charge < -0.3 is 15.2 Å². The monoisotopic (exact) mass is 462 g/mol. The summed E-state index contributed by atoms with van der Waals surface area (Å²) in [5.74, 6) is -1.22. The molecule has 0 bridgehead atoms. The fourth-order valence-corrected chi connectivity index (χ4v) is 4.28. The average molecular weight is 463 g/mol. The van der Waals surface area contributed by atoms with Gasteiger partial charge >= 0.3 is 0 Å². The maximum atomic E-state index is 14.3. The minimum absolute atomic E-state index is 0.0212. The fourth-order valence-electron chi connectivity index (χ4n) is 4.28. The topological polar surface area (TPSA) is 88.6 Å². The van der Waals surface area contributed by atoms with E-state index in [9.17, 15) is 18.8 Å². The van der Waals surface area contributed by atoms with E-state index in [0.717, 1.165) is 0 Å². The van der Waals surface area contributed by atoms with Crippen LogP contribution in [0.5, 0.6) is 0 Å². The summed E-state index contributed by atoms with van der Waals surface area (Å²) in [6.07, 6.45) is 0. The molecule has 4 rings (SSSR count). The van der Waals surface area contributed by atoms with E-state index < -0.39 is 5.91 Å². The van der Waals surface area contributed by atoms with Crippen LogP contribution in [-0.2, 0) is 6.54 Å². The molecule has 1 aliphatic rings. The Balaban J connectivity index is 1.47. The van der Waals surface area contributed by atoms with E-state index in [1.54, 1.807) is 46.7 Å². The summed E-state index contributed by atoms with van der Waals surface area (Å²) in [5.41, 5.74) is 7.66. The van der Waals surface area contributed by atoms with Gasteiger partial charge in [0.1, 0.15) is 5.82 Å². The van der Waals surface area contributed by atoms with Crippen LogP contribution in [0.2, 0.25) is 0 Å². The summed E-state index contributed by atoms with van der Waals surface area (Å²) in [7, 11) is 0. The third kappa shape index (κ3) is 4.92. The Kier molecular flexibility index (Phi) is 6.88. The highest BCUT2D eigenvalue weighted by molar-refractivity contribution is 6.01. The van der Waals surface area contributed by atoms with Crippen molar-refractivity contribution >= 4 is 17.6 Å². The number of primary amides is 1. The third-order valence-corrected chi connectivity index (χ3v) is 6.25. The van der Waals surface area contributed by atoms with Crippen LogP contribution in [0.25, 0.3) is 0 Å². The van der Waals surface area contributed by atoms with Crippen LogP contribution >= 0.6 is 0 Å². The van der Waals surface area contributed by atoms with E-state index in [4.69, 9.17) is 5.73 Å². The highest BCUT2D eigenvalue weighted by Gasteiger charge is 2.26. The van der Waals surface area contributed by atoms with Crippen LogP contribution in [0.4, 0.5) is 4.39 Å². The summed E-state index contributed by atoms with van der Waals surface area (Å²) in [6, 6.07) is 17.0. The number of hydrogen-bond acceptors (Lipinski definition) is 4. The van der Waals surface area contributed by atoms with Gasteiger partial charge in [-0.2, -0.15) is 0 Å². The molecule has 0 radical (unpaired) electrons. The van der Waals surface area contributed by atoms with Gasteiger partial charge in [0.25, 0.3) is 11.8 Å². The van der Waals surface area contributed by atoms with Gasteiger partial charge in [-0.25, -0.2) is 4.39 Å². The number of piperazine rings is 1. The zero-order valence-corrected chi connectivity index (χ0v) is 19.0. The molecule has 0 saturated carbocycles. The van der Waals surface area contributed by atoms with E-state index in [2.05, 4.69) is 0 Å². The predicted octanol–water partition coefficient (Wildman–Crippen LogP) is 2.72. The Morgan fingerprint density at radius 2 is 1.59 bits per heavy atom. The Morgan fingerprint density at radius 1 is 0.941 bits per heavy atom. The van der Waals surface area contributed by atoms with Gasteiger partial charge in [-0.3, -0.25) is 19.3 Å². The molecule has 1 saturated heterocycles. The normalized spacial score (nSPS) is 14.2. The van der Waals surface area contributed by atoms with Crippen LogP contribution in [-0.4, -0.2) is 64.7 Å². The smallest absolute Gasteiger partial charge is 0.253 e. The van der Waals surface area contributed by atoms with Crippen molar-refractivity contribution in [2.45, 2.75) is 13.5 Å². The number of rotatable bonds is 7. The third-order valence-electron chi connectivity index (χ3n) is 6.25. The second-order valence-corrected chi connectivity index (χ2v) is 8.43. The van der Waals surface area contributed by atoms with E-state index >= 15 is 0 Å². The number of ketones is 1. The Morgan fingerprint density at radius 3 is 2.24 bits per heavy atom. The first-order valence-corrected chi connectivity index (χ1v) is 11.2. The van der Waals surface area contributed by atoms with Gasteiger partial charge in [0, 0.05) is 43.0 Å². The lowest BCUT2D eigenvalue weighted by Gasteiger charge is -2.34. The van der Waals surface area contributed by atoms with Crippen LogP contribution < -0.4 is 5.73 Å². The summed E-state index contributed by atoms with van der Waals surface area (Å²) in [5, 5.41) is 0. The van der Waals surface area contributed by atoms with Crippen molar-refractivity contribution in [2.75, 3.05) is 32.7 Å². The van der Waals surface area contributed by atoms with Crippen molar-refractivity contribution < 1.29 is 18.8 Å². The van der Waals surface area contributed by atoms with Crippen LogP contribution in [0.3, 0.4) is 0 Å². The summed E-state index contributed by atoms with van der Waals surface area (Å²) in [4.78, 5) is 41.6. The van der Waals surface area contributed by atoms with E-state index in [-0.39, 0.29) is 36.2 Å². The number of benzene rings is 2. The standard InChI is InChI=1S/C26H27FN4O3/c1-18-21(25(28)33)15-23(31(18)16-20-9-5-6-10-22(20)27)24(32)17-29-11-13-30(14-12-29)26(34)19-7-3-2-4-8-19/h2-10,15H,11-14,16-17H2,1H3,(H2,28,33). The zero-order chi connectivity index (χ0) is 24.2. The molecule has 8 heteroatoms. The lowest BCUT2D eigenvalue weighted by Crippen LogP contribution is -2.50. The van der Waals surface area contributed by atoms with E-state index in [1.807, 2.05) is 23.1 Å². The molecule has 3 aromatic rings. The molecule has 34 heavy (non-hydrogen) atoms. The summed E-state index contributed by atoms with van der Waals surface area (Å²) in [6.45, 7) is 4.09. The first-order chi connectivity index (χ1) is 16.3. The van der Waals surface area contributed by atoms with Crippen molar-refractivity contribution in [3.63, 3.8) is 0 Å². The van der Waals surface area contributed by atoms with Gasteiger partial charge in [-0.05, 0) is 31.2 Å². The molecule has 0 atom stereocenters. The highest BCUT2D eigenvalue weighted by Crippen LogP contribution is 2.20. The molecule has 1 fully saturated rings. The van der Waals surface area contributed by atoms with Crippen molar-refractivity contribution in [3.05, 3.63) is 94.6 Å². The Bertz CT molecular complexity index is 1210. The highest BCUT2D eigenvalue weighted by atomic mass is 19.1. The van der Waals surface area contributed by atoms with E-state index in [1.165, 1.54) is 12.1 Å². The Hall–Kier alpha value is -3.78. The molecule has 1 aromatic heterocycles. The number of hydrogen-bond donors (Lipinski definition) is 1. The van der Waals surface area contributed by atoms with Crippen LogP contribution in [0.1, 0.15) is 42.5 Å². The molecule has 7 nitrogen and oxygen atoms in total. The van der Waals surface area contributed by atoms with E-state index in [0.29, 0.717) is 48.7 Å². The molecular weight excluding hydrogens is 435 g/mol. The number of aromatic nitrogens is 1. The maximum Gasteiger partial charge on any atom is 0.253 e. The molecule has 176 valence electrons. The number of carbonyl (C=O) groups excluding carboxylic acids is 3. The molecule has 2 heterocycles. The van der Waals surface area contributed by atoms with Gasteiger partial charge in [-0.1, -0.05) is 36.4 Å². The first-order valence-electron chi connectivity index (χ1n) is 11.2. The molecule has 2 N–H and O–H groups in total. The van der Waals surface area contributed by atoms with Crippen LogP contribution in [0.15, 0.2) is 60.7 Å². The quantitative estimate of drug-likeness (QED) is 0.547. The zero-order valence-electron chi connectivity index (χ0n) is 19.0. The van der Waals surface area contributed by atoms with Gasteiger partial charge in [0.2, 0.25) is 0 Å². The average Bonchev–Trinajstić information content (AvgIpc) is 3.17. The van der Waals surface area contributed by atoms with Crippen LogP contribution in [0, 0.1) is 12.7 Å². The van der Waals surface area contributed by atoms with Gasteiger partial charge in [0.15, 0.2) is 5.78 Å². The molecule has 0 spiro atoms. The number of nitrogens with zero attached hydrogens (tertiary/aromatic N) is 3. The summed E-state index contributed by atoms with van der Waals surface area (Å²) < 4.78 is 15.9. The number of nitrogens with two attached hydrogens (primary N) is 1. The van der Waals surface area contributed by atoms with Gasteiger partial charge in [-0.15, -0.1) is 0 Å². The van der Waals surface area contributed by atoms with Crippen molar-refractivity contribution in [1.29, 1.82) is 0 Å². The molecule has 0 unspecified atom stereocenters. The van der Waals surface area contributed by atoms with Crippen molar-refractivity contribution in [1.82, 2.24) is 14.4 Å². The lowest BCUT2D eigenvalue weighted by molar-refractivity contribution is 0.0623. The number of halogens is 1. The molecule has 1 aliphatic heterocycles. The number of carbonyl (C=O) groups is 3. The molecule has 2 aromatic carbocycles. The number of Topliss-reactive ketones (excluding diaryl/α,β-unsaturated/α-hetero) is 1.